The van der Waals surface area contributed by atoms with E-state index in [1.54, 1.807) is 0 Å². The zero-order chi connectivity index (χ0) is 15.3. The lowest BCUT2D eigenvalue weighted by Crippen LogP contribution is -2.54. The third-order valence-electron chi connectivity index (χ3n) is 6.61. The highest BCUT2D eigenvalue weighted by Crippen LogP contribution is 2.60. The Morgan fingerprint density at radius 3 is 2.32 bits per heavy atom. The molecule has 0 saturated heterocycles. The molecule has 1 aliphatic heterocycles. The van der Waals surface area contributed by atoms with E-state index < -0.39 is 0 Å². The van der Waals surface area contributed by atoms with Crippen molar-refractivity contribution in [2.75, 3.05) is 13.6 Å². The summed E-state index contributed by atoms with van der Waals surface area (Å²) in [6.45, 7) is 3.11. The van der Waals surface area contributed by atoms with Crippen molar-refractivity contribution >= 4 is 17.7 Å². The molecule has 0 radical (unpaired) electrons. The van der Waals surface area contributed by atoms with E-state index in [9.17, 15) is 4.79 Å². The maximum absolute atomic E-state index is 13.2. The fraction of sp³-hybridized carbons (Fsp3) is 0.842. The molecule has 4 fully saturated rings. The Morgan fingerprint density at radius 1 is 1.23 bits per heavy atom. The van der Waals surface area contributed by atoms with E-state index in [-0.39, 0.29) is 5.41 Å². The highest BCUT2D eigenvalue weighted by molar-refractivity contribution is 8.03. The Balaban J connectivity index is 1.43. The predicted molar refractivity (Wildman–Crippen MR) is 92.6 cm³/mol. The first-order valence-electron chi connectivity index (χ1n) is 9.19. The van der Waals surface area contributed by atoms with Gasteiger partial charge in [-0.3, -0.25) is 4.79 Å². The monoisotopic (exact) mass is 319 g/mol. The lowest BCUT2D eigenvalue weighted by molar-refractivity contribution is -0.155. The minimum atomic E-state index is 0.0253. The van der Waals surface area contributed by atoms with Crippen molar-refractivity contribution < 1.29 is 4.79 Å². The lowest BCUT2D eigenvalue weighted by Gasteiger charge is -2.56. The maximum Gasteiger partial charge on any atom is 0.228 e. The minimum Gasteiger partial charge on any atom is -0.340 e. The smallest absolute Gasteiger partial charge is 0.228 e. The summed E-state index contributed by atoms with van der Waals surface area (Å²) in [4.78, 5) is 16.7. The van der Waals surface area contributed by atoms with Gasteiger partial charge in [-0.1, -0.05) is 13.0 Å². The van der Waals surface area contributed by atoms with Crippen LogP contribution >= 0.6 is 11.8 Å². The van der Waals surface area contributed by atoms with Crippen LogP contribution < -0.4 is 0 Å². The van der Waals surface area contributed by atoms with Crippen LogP contribution in [0.25, 0.3) is 0 Å². The van der Waals surface area contributed by atoms with E-state index in [0.717, 1.165) is 29.5 Å². The number of amides is 1. The standard InChI is InChI=1S/C19H29NOS/c1-3-16-4-5-17(22-16)12-20(2)18(21)19-9-13-6-14(10-19)8-15(7-13)11-19/h5,13-16H,3-4,6-12H2,1-2H3. The van der Waals surface area contributed by atoms with Crippen LogP contribution in [0.1, 0.15) is 58.3 Å². The summed E-state index contributed by atoms with van der Waals surface area (Å²) in [5.41, 5.74) is 0.0253. The molecule has 1 amide bonds. The number of hydrogen-bond donors (Lipinski definition) is 0. The van der Waals surface area contributed by atoms with Gasteiger partial charge in [0, 0.05) is 17.2 Å². The molecule has 2 nitrogen and oxygen atoms in total. The summed E-state index contributed by atoms with van der Waals surface area (Å²) in [6, 6.07) is 0. The highest BCUT2D eigenvalue weighted by atomic mass is 32.2. The number of nitrogens with zero attached hydrogens (tertiary/aromatic N) is 1. The number of thioether (sulfide) groups is 1. The summed E-state index contributed by atoms with van der Waals surface area (Å²) in [5, 5.41) is 0.748. The van der Waals surface area contributed by atoms with Gasteiger partial charge in [0.25, 0.3) is 0 Å². The van der Waals surface area contributed by atoms with Crippen LogP contribution in [0.15, 0.2) is 11.0 Å². The van der Waals surface area contributed by atoms with Gasteiger partial charge in [0.05, 0.1) is 12.0 Å². The van der Waals surface area contributed by atoms with Crippen LogP contribution in [0, 0.1) is 23.2 Å². The number of allylic oxidation sites excluding steroid dienone is 1. The second-order valence-electron chi connectivity index (χ2n) is 8.41. The van der Waals surface area contributed by atoms with Crippen molar-refractivity contribution in [3.8, 4) is 0 Å². The molecule has 3 heteroatoms. The van der Waals surface area contributed by atoms with Gasteiger partial charge < -0.3 is 4.90 Å². The van der Waals surface area contributed by atoms with Crippen LogP contribution in [0.4, 0.5) is 0 Å². The lowest BCUT2D eigenvalue weighted by atomic mass is 9.49. The highest BCUT2D eigenvalue weighted by Gasteiger charge is 2.55. The van der Waals surface area contributed by atoms with Crippen LogP contribution in [-0.4, -0.2) is 29.6 Å². The molecule has 0 spiro atoms. The third kappa shape index (κ3) is 2.53. The van der Waals surface area contributed by atoms with Gasteiger partial charge in [0.2, 0.25) is 5.91 Å². The molecule has 1 atom stereocenters. The normalized spacial score (nSPS) is 42.5. The Labute approximate surface area is 139 Å². The van der Waals surface area contributed by atoms with Crippen molar-refractivity contribution in [1.82, 2.24) is 4.90 Å². The molecule has 1 unspecified atom stereocenters. The SMILES string of the molecule is CCC1CC=C(CN(C)C(=O)C23CC4CC(CC(C4)C2)C3)S1. The van der Waals surface area contributed by atoms with E-state index in [0.29, 0.717) is 5.91 Å². The molecular formula is C19H29NOS. The Morgan fingerprint density at radius 2 is 1.82 bits per heavy atom. The summed E-state index contributed by atoms with van der Waals surface area (Å²) < 4.78 is 0. The summed E-state index contributed by atoms with van der Waals surface area (Å²) in [5.74, 6) is 3.03. The molecule has 0 aromatic rings. The molecule has 4 saturated carbocycles. The van der Waals surface area contributed by atoms with E-state index in [1.807, 2.05) is 18.8 Å². The number of carbonyl (C=O) groups is 1. The summed E-state index contributed by atoms with van der Waals surface area (Å²) in [7, 11) is 2.04. The van der Waals surface area contributed by atoms with Gasteiger partial charge in [-0.05, 0) is 69.1 Å². The van der Waals surface area contributed by atoms with E-state index in [1.165, 1.54) is 56.3 Å². The van der Waals surface area contributed by atoms with Crippen molar-refractivity contribution in [2.24, 2.45) is 23.2 Å². The second kappa shape index (κ2) is 5.58. The second-order valence-corrected chi connectivity index (χ2v) is 9.84. The van der Waals surface area contributed by atoms with E-state index in [4.69, 9.17) is 0 Å². The van der Waals surface area contributed by atoms with E-state index >= 15 is 0 Å². The maximum atomic E-state index is 13.2. The molecule has 0 aromatic heterocycles. The minimum absolute atomic E-state index is 0.0253. The zero-order valence-corrected chi connectivity index (χ0v) is 14.8. The molecule has 122 valence electrons. The van der Waals surface area contributed by atoms with Crippen molar-refractivity contribution in [1.29, 1.82) is 0 Å². The number of carbonyl (C=O) groups excluding carboxylic acids is 1. The fourth-order valence-corrected chi connectivity index (χ4v) is 7.26. The number of hydrogen-bond acceptors (Lipinski definition) is 2. The van der Waals surface area contributed by atoms with Gasteiger partial charge in [0.15, 0.2) is 0 Å². The molecule has 4 aliphatic carbocycles. The van der Waals surface area contributed by atoms with Crippen molar-refractivity contribution in [3.05, 3.63) is 11.0 Å². The van der Waals surface area contributed by atoms with Crippen molar-refractivity contribution in [2.45, 2.75) is 63.5 Å². The van der Waals surface area contributed by atoms with Crippen LogP contribution in [0.3, 0.4) is 0 Å². The molecule has 5 aliphatic rings. The fourth-order valence-electron chi connectivity index (χ4n) is 6.01. The molecule has 5 rings (SSSR count). The molecule has 4 bridgehead atoms. The Hall–Kier alpha value is -0.440. The van der Waals surface area contributed by atoms with E-state index in [2.05, 4.69) is 17.9 Å². The van der Waals surface area contributed by atoms with Crippen LogP contribution in [0.5, 0.6) is 0 Å². The molecule has 0 N–H and O–H groups in total. The van der Waals surface area contributed by atoms with Crippen molar-refractivity contribution in [3.63, 3.8) is 0 Å². The average molecular weight is 320 g/mol. The molecule has 22 heavy (non-hydrogen) atoms. The Bertz CT molecular complexity index is 462. The first-order valence-corrected chi connectivity index (χ1v) is 10.1. The first-order chi connectivity index (χ1) is 10.6. The first kappa shape index (κ1) is 15.1. The van der Waals surface area contributed by atoms with Gasteiger partial charge in [0.1, 0.15) is 0 Å². The van der Waals surface area contributed by atoms with Gasteiger partial charge in [-0.15, -0.1) is 11.8 Å². The quantitative estimate of drug-likeness (QED) is 0.762. The molecule has 1 heterocycles. The van der Waals surface area contributed by atoms with Gasteiger partial charge in [-0.2, -0.15) is 0 Å². The number of likely N-dealkylation sites (N-methyl/N-ethyl adjacent to an activating group) is 1. The van der Waals surface area contributed by atoms with Crippen LogP contribution in [0.2, 0.25) is 0 Å². The number of rotatable bonds is 4. The average Bonchev–Trinajstić information content (AvgIpc) is 2.92. The predicted octanol–water partition coefficient (Wildman–Crippen LogP) is 4.46. The molecular weight excluding hydrogens is 290 g/mol. The third-order valence-corrected chi connectivity index (χ3v) is 8.07. The Kier molecular flexibility index (Phi) is 3.83. The zero-order valence-electron chi connectivity index (χ0n) is 14.0. The van der Waals surface area contributed by atoms with Gasteiger partial charge >= 0.3 is 0 Å². The summed E-state index contributed by atoms with van der Waals surface area (Å²) in [6.07, 6.45) is 12.6. The summed E-state index contributed by atoms with van der Waals surface area (Å²) >= 11 is 2.00. The molecule has 0 aromatic carbocycles. The van der Waals surface area contributed by atoms with Crippen LogP contribution in [-0.2, 0) is 4.79 Å². The topological polar surface area (TPSA) is 20.3 Å². The van der Waals surface area contributed by atoms with Gasteiger partial charge in [-0.25, -0.2) is 0 Å². The largest absolute Gasteiger partial charge is 0.340 e.